The van der Waals surface area contributed by atoms with E-state index in [4.69, 9.17) is 9.47 Å². The lowest BCUT2D eigenvalue weighted by atomic mass is 10.0. The number of rotatable bonds is 3. The first-order valence-electron chi connectivity index (χ1n) is 5.36. The Kier molecular flexibility index (Phi) is 3.55. The highest BCUT2D eigenvalue weighted by Crippen LogP contribution is 2.30. The van der Waals surface area contributed by atoms with Crippen LogP contribution in [0.4, 0.5) is 5.69 Å². The molecule has 0 radical (unpaired) electrons. The third kappa shape index (κ3) is 2.54. The predicted octanol–water partition coefficient (Wildman–Crippen LogP) is 1.26. The van der Waals surface area contributed by atoms with Gasteiger partial charge in [0.25, 0.3) is 5.69 Å². The fraction of sp³-hybridized carbons (Fsp3) is 0.455. The number of ether oxygens (including phenoxy) is 2. The maximum atomic E-state index is 11.0. The molecule has 1 aliphatic rings. The van der Waals surface area contributed by atoms with Gasteiger partial charge in [-0.3, -0.25) is 10.1 Å². The molecular formula is C11H14N2O4. The van der Waals surface area contributed by atoms with Crippen molar-refractivity contribution in [2.24, 2.45) is 0 Å². The summed E-state index contributed by atoms with van der Waals surface area (Å²) in [5.41, 5.74) is 0.697. The fourth-order valence-corrected chi connectivity index (χ4v) is 1.87. The zero-order valence-electron chi connectivity index (χ0n) is 9.51. The highest BCUT2D eigenvalue weighted by Gasteiger charge is 2.24. The number of hydrogen-bond donors (Lipinski definition) is 1. The van der Waals surface area contributed by atoms with Crippen molar-refractivity contribution in [1.29, 1.82) is 0 Å². The van der Waals surface area contributed by atoms with Crippen LogP contribution in [0.1, 0.15) is 11.6 Å². The third-order valence-corrected chi connectivity index (χ3v) is 2.73. The smallest absolute Gasteiger partial charge is 0.277 e. The van der Waals surface area contributed by atoms with Gasteiger partial charge >= 0.3 is 0 Å². The van der Waals surface area contributed by atoms with Gasteiger partial charge in [-0.05, 0) is 12.1 Å². The SMILES string of the molecule is COc1ccc(C2COCCN2)c([N+](=O)[O-])c1. The molecule has 0 aliphatic carbocycles. The number of methoxy groups -OCH3 is 1. The Bertz CT molecular complexity index is 416. The predicted molar refractivity (Wildman–Crippen MR) is 61.2 cm³/mol. The molecule has 6 heteroatoms. The molecule has 0 saturated carbocycles. The number of nitro benzene ring substituents is 1. The molecule has 1 fully saturated rings. The lowest BCUT2D eigenvalue weighted by Crippen LogP contribution is -2.34. The largest absolute Gasteiger partial charge is 0.497 e. The van der Waals surface area contributed by atoms with Gasteiger partial charge in [0.05, 0.1) is 37.4 Å². The second-order valence-electron chi connectivity index (χ2n) is 3.76. The third-order valence-electron chi connectivity index (χ3n) is 2.73. The molecule has 6 nitrogen and oxygen atoms in total. The van der Waals surface area contributed by atoms with Crippen molar-refractivity contribution in [3.05, 3.63) is 33.9 Å². The van der Waals surface area contributed by atoms with E-state index in [0.717, 1.165) is 0 Å². The summed E-state index contributed by atoms with van der Waals surface area (Å²) in [6, 6.07) is 4.74. The Morgan fingerprint density at radius 2 is 2.41 bits per heavy atom. The van der Waals surface area contributed by atoms with E-state index in [1.54, 1.807) is 12.1 Å². The monoisotopic (exact) mass is 238 g/mol. The summed E-state index contributed by atoms with van der Waals surface area (Å²) in [4.78, 5) is 10.6. The van der Waals surface area contributed by atoms with Crippen LogP contribution in [0.2, 0.25) is 0 Å². The first kappa shape index (κ1) is 11.8. The Labute approximate surface area is 98.7 Å². The number of benzene rings is 1. The molecule has 1 heterocycles. The summed E-state index contributed by atoms with van der Waals surface area (Å²) < 4.78 is 10.3. The van der Waals surface area contributed by atoms with Crippen molar-refractivity contribution in [3.8, 4) is 5.75 Å². The van der Waals surface area contributed by atoms with Gasteiger partial charge in [0.1, 0.15) is 5.75 Å². The van der Waals surface area contributed by atoms with Gasteiger partial charge in [-0.15, -0.1) is 0 Å². The average molecular weight is 238 g/mol. The van der Waals surface area contributed by atoms with Gasteiger partial charge in [0.2, 0.25) is 0 Å². The quantitative estimate of drug-likeness (QED) is 0.634. The van der Waals surface area contributed by atoms with E-state index < -0.39 is 4.92 Å². The zero-order chi connectivity index (χ0) is 12.3. The molecule has 1 atom stereocenters. The van der Waals surface area contributed by atoms with E-state index in [9.17, 15) is 10.1 Å². The van der Waals surface area contributed by atoms with Crippen LogP contribution in [0.5, 0.6) is 5.75 Å². The highest BCUT2D eigenvalue weighted by atomic mass is 16.6. The molecule has 1 aliphatic heterocycles. The van der Waals surface area contributed by atoms with E-state index in [0.29, 0.717) is 31.1 Å². The summed E-state index contributed by atoms with van der Waals surface area (Å²) in [6.45, 7) is 1.79. The van der Waals surface area contributed by atoms with Crippen LogP contribution in [0, 0.1) is 10.1 Å². The second kappa shape index (κ2) is 5.11. The van der Waals surface area contributed by atoms with Crippen LogP contribution in [0.15, 0.2) is 18.2 Å². The van der Waals surface area contributed by atoms with Crippen molar-refractivity contribution in [3.63, 3.8) is 0 Å². The number of nitrogens with zero attached hydrogens (tertiary/aromatic N) is 1. The van der Waals surface area contributed by atoms with Crippen LogP contribution in [0.25, 0.3) is 0 Å². The fourth-order valence-electron chi connectivity index (χ4n) is 1.87. The number of nitrogens with one attached hydrogen (secondary N) is 1. The van der Waals surface area contributed by atoms with E-state index in [-0.39, 0.29) is 11.7 Å². The van der Waals surface area contributed by atoms with E-state index >= 15 is 0 Å². The first-order chi connectivity index (χ1) is 8.22. The van der Waals surface area contributed by atoms with E-state index in [1.165, 1.54) is 13.2 Å². The van der Waals surface area contributed by atoms with Crippen LogP contribution < -0.4 is 10.1 Å². The van der Waals surface area contributed by atoms with Crippen LogP contribution >= 0.6 is 0 Å². The summed E-state index contributed by atoms with van der Waals surface area (Å²) in [5.74, 6) is 0.483. The normalized spacial score (nSPS) is 19.9. The van der Waals surface area contributed by atoms with Gasteiger partial charge < -0.3 is 14.8 Å². The molecule has 0 amide bonds. The summed E-state index contributed by atoms with van der Waals surface area (Å²) in [5, 5.41) is 14.2. The summed E-state index contributed by atoms with van der Waals surface area (Å²) in [7, 11) is 1.49. The van der Waals surface area contributed by atoms with Crippen LogP contribution in [-0.2, 0) is 4.74 Å². The Hall–Kier alpha value is -1.66. The molecule has 1 saturated heterocycles. The molecule has 1 unspecified atom stereocenters. The number of morpholine rings is 1. The molecule has 0 bridgehead atoms. The summed E-state index contributed by atoms with van der Waals surface area (Å²) in [6.07, 6.45) is 0. The number of hydrogen-bond acceptors (Lipinski definition) is 5. The van der Waals surface area contributed by atoms with Crippen molar-refractivity contribution in [2.45, 2.75) is 6.04 Å². The van der Waals surface area contributed by atoms with Gasteiger partial charge in [0.15, 0.2) is 0 Å². The van der Waals surface area contributed by atoms with Gasteiger partial charge in [-0.2, -0.15) is 0 Å². The van der Waals surface area contributed by atoms with E-state index in [2.05, 4.69) is 5.32 Å². The molecule has 2 rings (SSSR count). The van der Waals surface area contributed by atoms with Crippen molar-refractivity contribution >= 4 is 5.69 Å². The average Bonchev–Trinajstić information content (AvgIpc) is 2.39. The van der Waals surface area contributed by atoms with Crippen LogP contribution in [-0.4, -0.2) is 31.8 Å². The molecule has 1 aromatic carbocycles. The van der Waals surface area contributed by atoms with Gasteiger partial charge in [-0.1, -0.05) is 0 Å². The zero-order valence-corrected chi connectivity index (χ0v) is 9.51. The topological polar surface area (TPSA) is 73.6 Å². The molecule has 1 N–H and O–H groups in total. The van der Waals surface area contributed by atoms with Crippen molar-refractivity contribution in [1.82, 2.24) is 5.32 Å². The molecule has 0 spiro atoms. The lowest BCUT2D eigenvalue weighted by Gasteiger charge is -2.24. The van der Waals surface area contributed by atoms with Crippen molar-refractivity contribution in [2.75, 3.05) is 26.9 Å². The summed E-state index contributed by atoms with van der Waals surface area (Å²) >= 11 is 0. The maximum absolute atomic E-state index is 11.0. The maximum Gasteiger partial charge on any atom is 0.277 e. The first-order valence-corrected chi connectivity index (χ1v) is 5.36. The minimum absolute atomic E-state index is 0.0624. The minimum Gasteiger partial charge on any atom is -0.497 e. The highest BCUT2D eigenvalue weighted by molar-refractivity contribution is 5.47. The molecular weight excluding hydrogens is 224 g/mol. The second-order valence-corrected chi connectivity index (χ2v) is 3.76. The Balaban J connectivity index is 2.34. The molecule has 0 aromatic heterocycles. The van der Waals surface area contributed by atoms with Crippen LogP contribution in [0.3, 0.4) is 0 Å². The van der Waals surface area contributed by atoms with E-state index in [1.807, 2.05) is 0 Å². The standard InChI is InChI=1S/C11H14N2O4/c1-16-8-2-3-9(11(6-8)13(14)15)10-7-17-5-4-12-10/h2-3,6,10,12H,4-5,7H2,1H3. The Morgan fingerprint density at radius 1 is 1.59 bits per heavy atom. The molecule has 1 aromatic rings. The lowest BCUT2D eigenvalue weighted by molar-refractivity contribution is -0.386. The number of nitro groups is 1. The van der Waals surface area contributed by atoms with Gasteiger partial charge in [0, 0.05) is 12.1 Å². The van der Waals surface area contributed by atoms with Crippen molar-refractivity contribution < 1.29 is 14.4 Å². The van der Waals surface area contributed by atoms with Gasteiger partial charge in [-0.25, -0.2) is 0 Å². The molecule has 17 heavy (non-hydrogen) atoms. The molecule has 92 valence electrons. The Morgan fingerprint density at radius 3 is 3.00 bits per heavy atom. The minimum atomic E-state index is -0.395.